The van der Waals surface area contributed by atoms with E-state index in [1.54, 1.807) is 0 Å². The number of fused-ring (bicyclic) bond motifs is 10. The predicted molar refractivity (Wildman–Crippen MR) is 124 cm³/mol. The third-order valence-corrected chi connectivity index (χ3v) is 6.21. The number of carbonyl (C=O) groups is 2. The van der Waals surface area contributed by atoms with E-state index in [1.807, 2.05) is 59.0 Å². The number of rotatable bonds is 14. The van der Waals surface area contributed by atoms with Crippen molar-refractivity contribution in [3.8, 4) is 0 Å². The highest BCUT2D eigenvalue weighted by Gasteiger charge is 2.35. The molecule has 0 saturated heterocycles. The fourth-order valence-electron chi connectivity index (χ4n) is 4.94. The van der Waals surface area contributed by atoms with E-state index in [0.717, 1.165) is 32.8 Å². The van der Waals surface area contributed by atoms with Crippen LogP contribution < -0.4 is 5.32 Å². The highest BCUT2D eigenvalue weighted by atomic mass is 18.0. The lowest BCUT2D eigenvalue weighted by atomic mass is 10.1. The normalized spacial score (nSPS) is 13.3. The maximum Gasteiger partial charge on any atom is 0.275 e. The van der Waals surface area contributed by atoms with Gasteiger partial charge in [-0.05, 0) is 75.0 Å². The van der Waals surface area contributed by atoms with E-state index in [1.165, 1.54) is 0 Å². The standard InChI is InChI=1S/C23H17N3O14/c27-22-19-18-14-7-2-4-9-16(14)25(10-5-11-30-32-34-36-38-40-39-37-35-33-31-29)20(18)17-12-13-6-1-3-8-15(13)26(17)21(19)23(28)24-22/h1-4,6-9,12,29H,5,10-11H2,(H,24,27,28). The number of imide groups is 1. The fourth-order valence-corrected chi connectivity index (χ4v) is 4.94. The Kier molecular flexibility index (Phi) is 7.57. The van der Waals surface area contributed by atoms with Crippen LogP contribution in [0, 0.1) is 0 Å². The lowest BCUT2D eigenvalue weighted by molar-refractivity contribution is -0.862. The third-order valence-electron chi connectivity index (χ3n) is 6.21. The van der Waals surface area contributed by atoms with E-state index in [9.17, 15) is 9.59 Å². The molecule has 17 heteroatoms. The van der Waals surface area contributed by atoms with Gasteiger partial charge in [-0.1, -0.05) is 36.4 Å². The number of nitrogens with one attached hydrogen (secondary N) is 1. The number of aryl methyl sites for hydroxylation is 1. The molecule has 6 rings (SSSR count). The van der Waals surface area contributed by atoms with Crippen molar-refractivity contribution in [1.82, 2.24) is 14.3 Å². The van der Waals surface area contributed by atoms with Gasteiger partial charge in [0.25, 0.3) is 11.8 Å². The number of pyridine rings is 1. The van der Waals surface area contributed by atoms with Crippen molar-refractivity contribution >= 4 is 50.0 Å². The minimum absolute atomic E-state index is 0.0490. The minimum atomic E-state index is -0.440. The molecule has 0 fully saturated rings. The van der Waals surface area contributed by atoms with Crippen LogP contribution in [0.3, 0.4) is 0 Å². The molecule has 0 radical (unpaired) electrons. The molecule has 1 aliphatic heterocycles. The lowest BCUT2D eigenvalue weighted by Crippen LogP contribution is -2.20. The second kappa shape index (κ2) is 11.6. The zero-order chi connectivity index (χ0) is 27.5. The molecular formula is C23H17N3O14. The zero-order valence-corrected chi connectivity index (χ0v) is 20.0. The summed E-state index contributed by atoms with van der Waals surface area (Å²) in [7, 11) is 0. The number of aromatic nitrogens is 2. The maximum absolute atomic E-state index is 13.1. The highest BCUT2D eigenvalue weighted by molar-refractivity contribution is 6.32. The van der Waals surface area contributed by atoms with Gasteiger partial charge < -0.3 is 8.97 Å². The quantitative estimate of drug-likeness (QED) is 0.0876. The molecule has 17 nitrogen and oxygen atoms in total. The van der Waals surface area contributed by atoms with Crippen LogP contribution in [0.4, 0.5) is 0 Å². The van der Waals surface area contributed by atoms with E-state index < -0.39 is 11.8 Å². The van der Waals surface area contributed by atoms with Gasteiger partial charge in [0.05, 0.1) is 28.7 Å². The van der Waals surface area contributed by atoms with Crippen LogP contribution in [0.2, 0.25) is 0 Å². The summed E-state index contributed by atoms with van der Waals surface area (Å²) in [5.74, 6) is -0.880. The van der Waals surface area contributed by atoms with E-state index in [0.29, 0.717) is 29.6 Å². The molecule has 0 bridgehead atoms. The second-order valence-corrected chi connectivity index (χ2v) is 8.19. The summed E-state index contributed by atoms with van der Waals surface area (Å²) < 4.78 is 3.90. The predicted octanol–water partition coefficient (Wildman–Crippen LogP) is 3.28. The van der Waals surface area contributed by atoms with Gasteiger partial charge in [-0.25, -0.2) is 10.1 Å². The topological polar surface area (TPSA) is 177 Å². The Hall–Kier alpha value is -4.08. The van der Waals surface area contributed by atoms with Gasteiger partial charge in [0.1, 0.15) is 5.69 Å². The van der Waals surface area contributed by atoms with Crippen LogP contribution >= 0.6 is 0 Å². The first-order chi connectivity index (χ1) is 19.7. The average molecular weight is 559 g/mol. The van der Waals surface area contributed by atoms with Crippen LogP contribution in [0.1, 0.15) is 27.3 Å². The molecule has 0 unspecified atom stereocenters. The Morgan fingerprint density at radius 1 is 0.750 bits per heavy atom. The van der Waals surface area contributed by atoms with Gasteiger partial charge in [-0.15, -0.1) is 0 Å². The summed E-state index contributed by atoms with van der Waals surface area (Å²) in [6, 6.07) is 17.3. The number of hydrogen-bond donors (Lipinski definition) is 2. The molecule has 2 N–H and O–H groups in total. The molecule has 2 amide bonds. The summed E-state index contributed by atoms with van der Waals surface area (Å²) >= 11 is 0. The Balaban J connectivity index is 1.22. The van der Waals surface area contributed by atoms with Crippen molar-refractivity contribution in [3.63, 3.8) is 0 Å². The fraction of sp³-hybridized carbons (Fsp3) is 0.130. The lowest BCUT2D eigenvalue weighted by Gasteiger charge is -2.11. The first-order valence-corrected chi connectivity index (χ1v) is 11.5. The molecule has 4 heterocycles. The number of benzene rings is 2. The zero-order valence-electron chi connectivity index (χ0n) is 20.0. The molecule has 0 spiro atoms. The van der Waals surface area contributed by atoms with Crippen molar-refractivity contribution in [3.05, 3.63) is 65.9 Å². The molecule has 0 atom stereocenters. The number of amides is 2. The van der Waals surface area contributed by atoms with Crippen LogP contribution in [0.25, 0.3) is 38.2 Å². The number of hydrogen-bond acceptors (Lipinski definition) is 14. The van der Waals surface area contributed by atoms with Gasteiger partial charge in [0, 0.05) is 28.2 Å². The van der Waals surface area contributed by atoms with Crippen LogP contribution in [-0.4, -0.2) is 32.6 Å². The van der Waals surface area contributed by atoms with Crippen molar-refractivity contribution in [2.75, 3.05) is 6.61 Å². The molecule has 0 aliphatic carbocycles. The van der Waals surface area contributed by atoms with E-state index in [-0.39, 0.29) is 6.61 Å². The van der Waals surface area contributed by atoms with E-state index in [2.05, 4.69) is 60.3 Å². The minimum Gasteiger partial charge on any atom is -0.339 e. The van der Waals surface area contributed by atoms with Crippen molar-refractivity contribution in [2.24, 2.45) is 0 Å². The summed E-state index contributed by atoms with van der Waals surface area (Å²) in [5.41, 5.74) is 3.93. The SMILES string of the molecule is O=C1NC(=O)c2c1c1c3ccccc3n(CCCOOOOOOOOOOOO)c1c1cc3ccccc3n21. The van der Waals surface area contributed by atoms with E-state index in [4.69, 9.17) is 10.1 Å². The van der Waals surface area contributed by atoms with Crippen molar-refractivity contribution in [2.45, 2.75) is 13.0 Å². The first-order valence-electron chi connectivity index (χ1n) is 11.5. The van der Waals surface area contributed by atoms with Gasteiger partial charge in [0.2, 0.25) is 0 Å². The summed E-state index contributed by atoms with van der Waals surface area (Å²) in [4.78, 5) is 30.9. The largest absolute Gasteiger partial charge is 0.339 e. The smallest absolute Gasteiger partial charge is 0.275 e. The maximum atomic E-state index is 13.1. The molecule has 5 aromatic rings. The number of nitrogens with zero attached hydrogens (tertiary/aromatic N) is 2. The molecule has 3 aromatic heterocycles. The van der Waals surface area contributed by atoms with Gasteiger partial charge in [-0.3, -0.25) is 14.9 Å². The molecule has 40 heavy (non-hydrogen) atoms. The molecular weight excluding hydrogens is 542 g/mol. The van der Waals surface area contributed by atoms with Gasteiger partial charge >= 0.3 is 0 Å². The van der Waals surface area contributed by atoms with Crippen LogP contribution in [0.15, 0.2) is 54.6 Å². The summed E-state index contributed by atoms with van der Waals surface area (Å²) in [6.45, 7) is 0.498. The molecule has 0 saturated carbocycles. The van der Waals surface area contributed by atoms with Gasteiger partial charge in [0.15, 0.2) is 0 Å². The summed E-state index contributed by atoms with van der Waals surface area (Å²) in [5, 5.41) is 49.7. The van der Waals surface area contributed by atoms with Crippen LogP contribution in [0.5, 0.6) is 0 Å². The second-order valence-electron chi connectivity index (χ2n) is 8.19. The third kappa shape index (κ3) is 4.65. The molecule has 1 aliphatic rings. The Bertz CT molecular complexity index is 1710. The Labute approximate surface area is 220 Å². The molecule has 2 aromatic carbocycles. The average Bonchev–Trinajstić information content (AvgIpc) is 3.60. The molecule has 208 valence electrons. The van der Waals surface area contributed by atoms with Gasteiger partial charge in [-0.2, -0.15) is 0 Å². The summed E-state index contributed by atoms with van der Waals surface area (Å²) in [6.07, 6.45) is 0.435. The number of para-hydroxylation sites is 2. The van der Waals surface area contributed by atoms with Crippen molar-refractivity contribution in [1.29, 1.82) is 0 Å². The Morgan fingerprint density at radius 2 is 1.43 bits per heavy atom. The highest BCUT2D eigenvalue weighted by Crippen LogP contribution is 2.40. The Morgan fingerprint density at radius 3 is 2.20 bits per heavy atom. The monoisotopic (exact) mass is 559 g/mol. The van der Waals surface area contributed by atoms with E-state index >= 15 is 0 Å². The first kappa shape index (κ1) is 26.2. The number of carbonyl (C=O) groups excluding carboxylic acids is 2. The van der Waals surface area contributed by atoms with Crippen LogP contribution in [-0.2, 0) is 61.8 Å². The van der Waals surface area contributed by atoms with Crippen molar-refractivity contribution < 1.29 is 70.1 Å².